The van der Waals surface area contributed by atoms with Gasteiger partial charge in [-0.25, -0.2) is 0 Å². The molecule has 4 rings (SSSR count). The molecule has 0 amide bonds. The first-order chi connectivity index (χ1) is 15.1. The minimum absolute atomic E-state index is 0.136. The lowest BCUT2D eigenvalue weighted by Crippen LogP contribution is -2.33. The molecule has 0 unspecified atom stereocenters. The summed E-state index contributed by atoms with van der Waals surface area (Å²) in [5.74, 6) is 1.44. The first kappa shape index (κ1) is 21.4. The van der Waals surface area contributed by atoms with Gasteiger partial charge in [0.05, 0.1) is 13.7 Å². The Labute approximate surface area is 190 Å². The van der Waals surface area contributed by atoms with E-state index >= 15 is 0 Å². The molecule has 0 saturated heterocycles. The van der Waals surface area contributed by atoms with E-state index in [0.29, 0.717) is 18.8 Å². The smallest absolute Gasteiger partial charge is 0.162 e. The third-order valence-electron chi connectivity index (χ3n) is 5.31. The van der Waals surface area contributed by atoms with E-state index in [2.05, 4.69) is 33.4 Å². The van der Waals surface area contributed by atoms with Gasteiger partial charge >= 0.3 is 0 Å². The summed E-state index contributed by atoms with van der Waals surface area (Å²) in [5.41, 5.74) is 3.81. The molecule has 3 aromatic carbocycles. The lowest BCUT2D eigenvalue weighted by atomic mass is 9.93. The molecule has 1 aliphatic heterocycles. The molecule has 3 aromatic rings. The number of benzene rings is 3. The van der Waals surface area contributed by atoms with Crippen molar-refractivity contribution in [1.29, 1.82) is 0 Å². The fourth-order valence-electron chi connectivity index (χ4n) is 3.82. The molecular weight excluding hydrogens is 456 g/mol. The first-order valence-electron chi connectivity index (χ1n) is 10.3. The highest BCUT2D eigenvalue weighted by Crippen LogP contribution is 2.39. The average molecular weight is 481 g/mol. The Morgan fingerprint density at radius 3 is 2.68 bits per heavy atom. The largest absolute Gasteiger partial charge is 0.504 e. The zero-order valence-corrected chi connectivity index (χ0v) is 19.1. The molecule has 0 aliphatic carbocycles. The van der Waals surface area contributed by atoms with Gasteiger partial charge in [0.25, 0.3) is 0 Å². The van der Waals surface area contributed by atoms with E-state index in [1.807, 2.05) is 55.5 Å². The van der Waals surface area contributed by atoms with Crippen molar-refractivity contribution in [3.8, 4) is 17.2 Å². The van der Waals surface area contributed by atoms with Gasteiger partial charge in [-0.2, -0.15) is 0 Å². The van der Waals surface area contributed by atoms with Gasteiger partial charge in [-0.15, -0.1) is 0 Å². The minimum atomic E-state index is -0.280. The van der Waals surface area contributed by atoms with Crippen molar-refractivity contribution in [3.05, 3.63) is 87.9 Å². The summed E-state index contributed by atoms with van der Waals surface area (Å²) in [7, 11) is 1.66. The highest BCUT2D eigenvalue weighted by atomic mass is 79.9. The van der Waals surface area contributed by atoms with Gasteiger partial charge in [-0.3, -0.25) is 10.3 Å². The number of aromatic hydroxyl groups is 1. The molecular formula is C25H25BrN2O3. The summed E-state index contributed by atoms with van der Waals surface area (Å²) in [6, 6.07) is 21.5. The van der Waals surface area contributed by atoms with Crippen molar-refractivity contribution < 1.29 is 14.6 Å². The van der Waals surface area contributed by atoms with Crippen LogP contribution >= 0.6 is 15.9 Å². The van der Waals surface area contributed by atoms with Crippen LogP contribution in [0, 0.1) is 0 Å². The SMILES string of the molecule is CCOc1cccc([C@@H]2CC(c3cccc(Br)c3)=N[C@H](c3cccc(OC)c3)N2)c1O. The van der Waals surface area contributed by atoms with Crippen LogP contribution in [0.3, 0.4) is 0 Å². The zero-order chi connectivity index (χ0) is 21.8. The van der Waals surface area contributed by atoms with Gasteiger partial charge in [-0.05, 0) is 48.4 Å². The second kappa shape index (κ2) is 9.54. The minimum Gasteiger partial charge on any atom is -0.504 e. The summed E-state index contributed by atoms with van der Waals surface area (Å²) >= 11 is 3.56. The van der Waals surface area contributed by atoms with Gasteiger partial charge in [0.1, 0.15) is 11.9 Å². The first-order valence-corrected chi connectivity index (χ1v) is 11.1. The fourth-order valence-corrected chi connectivity index (χ4v) is 4.22. The summed E-state index contributed by atoms with van der Waals surface area (Å²) in [6.45, 7) is 2.40. The van der Waals surface area contributed by atoms with Crippen LogP contribution in [0.2, 0.25) is 0 Å². The zero-order valence-electron chi connectivity index (χ0n) is 17.5. The number of rotatable bonds is 6. The Bertz CT molecular complexity index is 1100. The van der Waals surface area contributed by atoms with Gasteiger partial charge in [0.15, 0.2) is 11.5 Å². The Morgan fingerprint density at radius 2 is 1.90 bits per heavy atom. The molecule has 0 radical (unpaired) electrons. The third-order valence-corrected chi connectivity index (χ3v) is 5.81. The lowest BCUT2D eigenvalue weighted by molar-refractivity contribution is 0.313. The molecule has 5 nitrogen and oxygen atoms in total. The summed E-state index contributed by atoms with van der Waals surface area (Å²) < 4.78 is 12.0. The van der Waals surface area contributed by atoms with Gasteiger partial charge in [0.2, 0.25) is 0 Å². The number of nitrogens with zero attached hydrogens (tertiary/aromatic N) is 1. The van der Waals surface area contributed by atoms with Crippen molar-refractivity contribution >= 4 is 21.6 Å². The van der Waals surface area contributed by atoms with E-state index in [1.165, 1.54) is 0 Å². The molecule has 0 aromatic heterocycles. The lowest BCUT2D eigenvalue weighted by Gasteiger charge is -2.31. The van der Waals surface area contributed by atoms with Crippen LogP contribution in [0.5, 0.6) is 17.2 Å². The molecule has 1 heterocycles. The number of phenols is 1. The maximum atomic E-state index is 10.9. The summed E-state index contributed by atoms with van der Waals surface area (Å²) in [5, 5.41) is 14.5. The third kappa shape index (κ3) is 4.75. The van der Waals surface area contributed by atoms with E-state index in [0.717, 1.165) is 32.6 Å². The van der Waals surface area contributed by atoms with E-state index in [4.69, 9.17) is 14.5 Å². The fraction of sp³-hybridized carbons (Fsp3) is 0.240. The van der Waals surface area contributed by atoms with E-state index in [9.17, 15) is 5.11 Å². The predicted molar refractivity (Wildman–Crippen MR) is 126 cm³/mol. The Kier molecular flexibility index (Phi) is 6.59. The van der Waals surface area contributed by atoms with Gasteiger partial charge < -0.3 is 14.6 Å². The number of aliphatic imine (C=N–C) groups is 1. The second-order valence-corrected chi connectivity index (χ2v) is 8.23. The Balaban J connectivity index is 1.77. The Morgan fingerprint density at radius 1 is 1.10 bits per heavy atom. The molecule has 2 N–H and O–H groups in total. The number of phenolic OH excluding ortho intramolecular Hbond substituents is 1. The average Bonchev–Trinajstić information content (AvgIpc) is 2.80. The van der Waals surface area contributed by atoms with Crippen LogP contribution in [0.15, 0.2) is 76.2 Å². The molecule has 160 valence electrons. The number of hydrogen-bond acceptors (Lipinski definition) is 5. The maximum Gasteiger partial charge on any atom is 0.162 e. The molecule has 6 heteroatoms. The highest BCUT2D eigenvalue weighted by molar-refractivity contribution is 9.10. The van der Waals surface area contributed by atoms with Crippen LogP contribution < -0.4 is 14.8 Å². The van der Waals surface area contributed by atoms with E-state index < -0.39 is 0 Å². The van der Waals surface area contributed by atoms with Crippen LogP contribution in [0.1, 0.15) is 42.2 Å². The summed E-state index contributed by atoms with van der Waals surface area (Å²) in [4.78, 5) is 5.02. The molecule has 2 atom stereocenters. The van der Waals surface area contributed by atoms with Crippen LogP contribution in [0.25, 0.3) is 0 Å². The highest BCUT2D eigenvalue weighted by Gasteiger charge is 2.28. The predicted octanol–water partition coefficient (Wildman–Crippen LogP) is 5.78. The molecule has 0 bridgehead atoms. The number of hydrogen-bond donors (Lipinski definition) is 2. The van der Waals surface area contributed by atoms with E-state index in [1.54, 1.807) is 13.2 Å². The van der Waals surface area contributed by atoms with Crippen LogP contribution in [-0.4, -0.2) is 24.5 Å². The number of para-hydroxylation sites is 1. The van der Waals surface area contributed by atoms with Crippen molar-refractivity contribution in [2.45, 2.75) is 25.6 Å². The number of ether oxygens (including phenoxy) is 2. The van der Waals surface area contributed by atoms with Crippen LogP contribution in [-0.2, 0) is 0 Å². The van der Waals surface area contributed by atoms with Crippen molar-refractivity contribution in [1.82, 2.24) is 5.32 Å². The molecule has 31 heavy (non-hydrogen) atoms. The van der Waals surface area contributed by atoms with Gasteiger partial charge in [-0.1, -0.05) is 52.3 Å². The second-order valence-electron chi connectivity index (χ2n) is 7.32. The molecule has 0 saturated carbocycles. The summed E-state index contributed by atoms with van der Waals surface area (Å²) in [6.07, 6.45) is 0.359. The number of methoxy groups -OCH3 is 1. The normalized spacial score (nSPS) is 18.4. The molecule has 0 fully saturated rings. The number of halogens is 1. The topological polar surface area (TPSA) is 63.1 Å². The molecule has 0 spiro atoms. The standard InChI is InChI=1S/C25H25BrN2O3/c1-3-31-23-12-6-11-20(24(23)29)22-15-21(16-7-4-9-18(26)13-16)27-25(28-22)17-8-5-10-19(14-17)30-2/h4-14,22,25,28-29H,3,15H2,1-2H3/t22-,25-/m0/s1. The van der Waals surface area contributed by atoms with Gasteiger partial charge in [0, 0.05) is 28.2 Å². The Hall–Kier alpha value is -2.83. The van der Waals surface area contributed by atoms with Crippen molar-refractivity contribution in [2.24, 2.45) is 4.99 Å². The van der Waals surface area contributed by atoms with E-state index in [-0.39, 0.29) is 18.0 Å². The maximum absolute atomic E-state index is 10.9. The van der Waals surface area contributed by atoms with Crippen molar-refractivity contribution in [2.75, 3.05) is 13.7 Å². The monoisotopic (exact) mass is 480 g/mol. The molecule has 1 aliphatic rings. The van der Waals surface area contributed by atoms with Crippen molar-refractivity contribution in [3.63, 3.8) is 0 Å². The van der Waals surface area contributed by atoms with Crippen LogP contribution in [0.4, 0.5) is 0 Å². The number of nitrogens with one attached hydrogen (secondary N) is 1. The quantitative estimate of drug-likeness (QED) is 0.468.